The Kier molecular flexibility index (Phi) is 10.9. The minimum atomic E-state index is -4.49. The van der Waals surface area contributed by atoms with E-state index in [1.807, 2.05) is 6.08 Å². The molecule has 1 saturated carbocycles. The van der Waals surface area contributed by atoms with Gasteiger partial charge in [-0.1, -0.05) is 6.08 Å². The molecule has 0 spiro atoms. The van der Waals surface area contributed by atoms with Gasteiger partial charge in [0.15, 0.2) is 0 Å². The van der Waals surface area contributed by atoms with E-state index in [-0.39, 0.29) is 10.8 Å². The van der Waals surface area contributed by atoms with Gasteiger partial charge < -0.3 is 9.64 Å². The van der Waals surface area contributed by atoms with Crippen molar-refractivity contribution in [1.82, 2.24) is 9.21 Å². The number of likely N-dealkylation sites (N-methyl/N-ethyl adjacent to an activating group) is 1. The quantitative estimate of drug-likeness (QED) is 0.287. The summed E-state index contributed by atoms with van der Waals surface area (Å²) in [6, 6.07) is 3.68. The highest BCUT2D eigenvalue weighted by Crippen LogP contribution is 2.32. The van der Waals surface area contributed by atoms with Crippen LogP contribution in [0.4, 0.5) is 13.2 Å². The van der Waals surface area contributed by atoms with Crippen molar-refractivity contribution in [2.24, 2.45) is 11.8 Å². The monoisotopic (exact) mass is 490 g/mol. The van der Waals surface area contributed by atoms with Gasteiger partial charge in [0, 0.05) is 33.4 Å². The smallest absolute Gasteiger partial charge is 0.381 e. The Morgan fingerprint density at radius 2 is 1.67 bits per heavy atom. The Morgan fingerprint density at radius 1 is 1.06 bits per heavy atom. The Hall–Kier alpha value is -1.42. The van der Waals surface area contributed by atoms with Gasteiger partial charge in [0.1, 0.15) is 0 Å². The van der Waals surface area contributed by atoms with Gasteiger partial charge in [-0.25, -0.2) is 12.7 Å². The SMILES string of the molecule is C=CCN(C)CCCCOC[C@H]1CC[C@H](CN(C)S(=O)(=O)c2ccc(C(F)(F)F)cc2)CC1. The van der Waals surface area contributed by atoms with Crippen LogP contribution in [-0.4, -0.2) is 64.6 Å². The molecule has 0 unspecified atom stereocenters. The predicted molar refractivity (Wildman–Crippen MR) is 124 cm³/mol. The third kappa shape index (κ3) is 9.03. The zero-order valence-corrected chi connectivity index (χ0v) is 20.5. The first-order chi connectivity index (χ1) is 15.5. The number of benzene rings is 1. The maximum Gasteiger partial charge on any atom is 0.416 e. The minimum absolute atomic E-state index is 0.115. The van der Waals surface area contributed by atoms with E-state index in [4.69, 9.17) is 4.74 Å². The summed E-state index contributed by atoms with van der Waals surface area (Å²) >= 11 is 0. The van der Waals surface area contributed by atoms with Crippen LogP contribution < -0.4 is 0 Å². The molecule has 0 heterocycles. The summed E-state index contributed by atoms with van der Waals surface area (Å²) in [6.45, 7) is 7.53. The number of rotatable bonds is 13. The normalized spacial score (nSPS) is 19.8. The molecule has 0 amide bonds. The molecule has 1 aliphatic rings. The van der Waals surface area contributed by atoms with Crippen LogP contribution >= 0.6 is 0 Å². The Morgan fingerprint density at radius 3 is 2.24 bits per heavy atom. The summed E-state index contributed by atoms with van der Waals surface area (Å²) in [4.78, 5) is 2.11. The first kappa shape index (κ1) is 27.8. The Balaban J connectivity index is 1.70. The molecule has 1 fully saturated rings. The fourth-order valence-corrected chi connectivity index (χ4v) is 5.43. The molecule has 1 aromatic carbocycles. The number of halogens is 3. The molecule has 0 aromatic heterocycles. The molecular weight excluding hydrogens is 453 g/mol. The van der Waals surface area contributed by atoms with Crippen molar-refractivity contribution in [3.05, 3.63) is 42.5 Å². The van der Waals surface area contributed by atoms with Crippen LogP contribution in [0.15, 0.2) is 41.8 Å². The first-order valence-corrected chi connectivity index (χ1v) is 13.0. The molecule has 0 radical (unpaired) electrons. The summed E-state index contributed by atoms with van der Waals surface area (Å²) in [6.07, 6.45) is 3.38. The van der Waals surface area contributed by atoms with Gasteiger partial charge in [0.2, 0.25) is 10.0 Å². The third-order valence-electron chi connectivity index (χ3n) is 6.24. The minimum Gasteiger partial charge on any atom is -0.381 e. The number of sulfonamides is 1. The molecule has 0 aliphatic heterocycles. The van der Waals surface area contributed by atoms with Crippen molar-refractivity contribution < 1.29 is 26.3 Å². The van der Waals surface area contributed by atoms with E-state index in [0.717, 1.165) is 89.1 Å². The van der Waals surface area contributed by atoms with Crippen LogP contribution in [-0.2, 0) is 20.9 Å². The number of hydrogen-bond acceptors (Lipinski definition) is 4. The molecule has 0 N–H and O–H groups in total. The lowest BCUT2D eigenvalue weighted by Gasteiger charge is -2.31. The highest BCUT2D eigenvalue weighted by atomic mass is 32.2. The standard InChI is InChI=1S/C24H37F3N2O3S/c1-4-15-28(2)16-5-6-17-32-19-21-9-7-20(8-10-21)18-29(3)33(30,31)23-13-11-22(12-14-23)24(25,26)27/h4,11-14,20-21H,1,5-10,15-19H2,2-3H3/t20-,21-. The zero-order valence-electron chi connectivity index (χ0n) is 19.7. The van der Waals surface area contributed by atoms with E-state index < -0.39 is 21.8 Å². The molecule has 1 aliphatic carbocycles. The first-order valence-electron chi connectivity index (χ1n) is 11.5. The van der Waals surface area contributed by atoms with Crippen LogP contribution in [0.1, 0.15) is 44.1 Å². The molecule has 2 rings (SSSR count). The van der Waals surface area contributed by atoms with Crippen LogP contribution in [0.5, 0.6) is 0 Å². The van der Waals surface area contributed by atoms with Crippen molar-refractivity contribution in [2.45, 2.75) is 49.6 Å². The van der Waals surface area contributed by atoms with Gasteiger partial charge in [-0.15, -0.1) is 6.58 Å². The van der Waals surface area contributed by atoms with Gasteiger partial charge in [-0.05, 0) is 88.2 Å². The highest BCUT2D eigenvalue weighted by molar-refractivity contribution is 7.89. The second kappa shape index (κ2) is 12.9. The molecule has 0 saturated heterocycles. The lowest BCUT2D eigenvalue weighted by atomic mass is 9.82. The molecule has 9 heteroatoms. The average Bonchev–Trinajstić information content (AvgIpc) is 2.77. The van der Waals surface area contributed by atoms with Crippen molar-refractivity contribution in [3.63, 3.8) is 0 Å². The van der Waals surface area contributed by atoms with Crippen LogP contribution in [0, 0.1) is 11.8 Å². The van der Waals surface area contributed by atoms with Gasteiger partial charge in [0.25, 0.3) is 0 Å². The van der Waals surface area contributed by atoms with Crippen LogP contribution in [0.2, 0.25) is 0 Å². The van der Waals surface area contributed by atoms with Gasteiger partial charge in [-0.2, -0.15) is 13.2 Å². The summed E-state index contributed by atoms with van der Waals surface area (Å²) < 4.78 is 70.8. The largest absolute Gasteiger partial charge is 0.416 e. The van der Waals surface area contributed by atoms with Crippen LogP contribution in [0.25, 0.3) is 0 Å². The number of hydrogen-bond donors (Lipinski definition) is 0. The maximum absolute atomic E-state index is 12.8. The topological polar surface area (TPSA) is 49.9 Å². The fraction of sp³-hybridized carbons (Fsp3) is 0.667. The summed E-state index contributed by atoms with van der Waals surface area (Å²) in [5.74, 6) is 0.748. The Bertz CT molecular complexity index is 820. The number of unbranched alkanes of at least 4 members (excludes halogenated alkanes) is 1. The molecule has 0 atom stereocenters. The predicted octanol–water partition coefficient (Wildman–Crippen LogP) is 5.05. The van der Waals surface area contributed by atoms with Gasteiger partial charge in [-0.3, -0.25) is 0 Å². The van der Waals surface area contributed by atoms with E-state index in [2.05, 4.69) is 18.5 Å². The van der Waals surface area contributed by atoms with Gasteiger partial charge in [0.05, 0.1) is 10.5 Å². The lowest BCUT2D eigenvalue weighted by Crippen LogP contribution is -2.34. The molecule has 5 nitrogen and oxygen atoms in total. The van der Waals surface area contributed by atoms with E-state index in [1.165, 1.54) is 11.4 Å². The number of nitrogens with zero attached hydrogens (tertiary/aromatic N) is 2. The molecule has 33 heavy (non-hydrogen) atoms. The molecule has 0 bridgehead atoms. The second-order valence-electron chi connectivity index (χ2n) is 9.03. The third-order valence-corrected chi connectivity index (χ3v) is 8.08. The van der Waals surface area contributed by atoms with E-state index in [1.54, 1.807) is 0 Å². The average molecular weight is 491 g/mol. The van der Waals surface area contributed by atoms with E-state index in [9.17, 15) is 21.6 Å². The summed E-state index contributed by atoms with van der Waals surface area (Å²) in [5.41, 5.74) is -0.857. The van der Waals surface area contributed by atoms with Crippen LogP contribution in [0.3, 0.4) is 0 Å². The van der Waals surface area contributed by atoms with E-state index >= 15 is 0 Å². The molecule has 188 valence electrons. The number of ether oxygens (including phenoxy) is 1. The molecular formula is C24H37F3N2O3S. The van der Waals surface area contributed by atoms with Crippen molar-refractivity contribution >= 4 is 10.0 Å². The second-order valence-corrected chi connectivity index (χ2v) is 11.1. The van der Waals surface area contributed by atoms with Gasteiger partial charge >= 0.3 is 6.18 Å². The molecule has 1 aromatic rings. The Labute approximate surface area is 196 Å². The van der Waals surface area contributed by atoms with Crippen molar-refractivity contribution in [3.8, 4) is 0 Å². The number of alkyl halides is 3. The van der Waals surface area contributed by atoms with E-state index in [0.29, 0.717) is 12.5 Å². The summed E-state index contributed by atoms with van der Waals surface area (Å²) in [7, 11) is -0.243. The zero-order chi connectivity index (χ0) is 24.5. The lowest BCUT2D eigenvalue weighted by molar-refractivity contribution is -0.137. The maximum atomic E-state index is 12.8. The van der Waals surface area contributed by atoms with Crippen molar-refractivity contribution in [2.75, 3.05) is 46.9 Å². The summed E-state index contributed by atoms with van der Waals surface area (Å²) in [5, 5.41) is 0. The van der Waals surface area contributed by atoms with Crippen molar-refractivity contribution in [1.29, 1.82) is 0 Å². The fourth-order valence-electron chi connectivity index (χ4n) is 4.19. The highest BCUT2D eigenvalue weighted by Gasteiger charge is 2.32.